The van der Waals surface area contributed by atoms with Crippen LogP contribution in [0.4, 0.5) is 0 Å². The maximum Gasteiger partial charge on any atom is 0.326 e. The van der Waals surface area contributed by atoms with Crippen LogP contribution in [0.3, 0.4) is 0 Å². The summed E-state index contributed by atoms with van der Waals surface area (Å²) in [4.78, 5) is 15.3. The van der Waals surface area contributed by atoms with Gasteiger partial charge in [-0.3, -0.25) is 9.78 Å². The van der Waals surface area contributed by atoms with Gasteiger partial charge in [0.25, 0.3) is 0 Å². The minimum atomic E-state index is -1.14. The number of nitrogens with zero attached hydrogens (tertiary/aromatic N) is 1. The monoisotopic (exact) mass is 224 g/mol. The summed E-state index contributed by atoms with van der Waals surface area (Å²) in [7, 11) is 0. The number of nitrogens with two attached hydrogens (primary N) is 1. The van der Waals surface area contributed by atoms with Crippen LogP contribution in [0.25, 0.3) is 0 Å². The van der Waals surface area contributed by atoms with E-state index in [0.717, 1.165) is 5.56 Å². The first-order chi connectivity index (χ1) is 7.57. The quantitative estimate of drug-likeness (QED) is 0.719. The number of carbonyl (C=O) groups is 1. The molecule has 0 spiro atoms. The van der Waals surface area contributed by atoms with Crippen molar-refractivity contribution in [1.82, 2.24) is 4.98 Å². The molecule has 0 aliphatic carbocycles. The van der Waals surface area contributed by atoms with Crippen molar-refractivity contribution in [2.75, 3.05) is 6.61 Å². The zero-order valence-electron chi connectivity index (χ0n) is 9.38. The zero-order valence-corrected chi connectivity index (χ0v) is 9.38. The van der Waals surface area contributed by atoms with E-state index in [4.69, 9.17) is 10.5 Å². The van der Waals surface area contributed by atoms with Crippen molar-refractivity contribution in [2.24, 2.45) is 5.73 Å². The summed E-state index contributed by atoms with van der Waals surface area (Å²) < 4.78 is 4.73. The highest BCUT2D eigenvalue weighted by Crippen LogP contribution is 2.17. The van der Waals surface area contributed by atoms with Crippen LogP contribution in [-0.4, -0.2) is 28.7 Å². The fourth-order valence-corrected chi connectivity index (χ4v) is 1.34. The summed E-state index contributed by atoms with van der Waals surface area (Å²) in [5.74, 6) is -0.625. The lowest BCUT2D eigenvalue weighted by atomic mass is 10.0. The Hall–Kier alpha value is -1.46. The topological polar surface area (TPSA) is 85.4 Å². The number of aliphatic hydroxyl groups excluding tert-OH is 1. The van der Waals surface area contributed by atoms with Gasteiger partial charge in [-0.25, -0.2) is 0 Å². The van der Waals surface area contributed by atoms with Crippen LogP contribution in [0.2, 0.25) is 0 Å². The molecule has 1 heterocycles. The molecule has 0 fully saturated rings. The lowest BCUT2D eigenvalue weighted by molar-refractivity contribution is -0.147. The molecular formula is C11H16N2O3. The molecule has 2 atom stereocenters. The van der Waals surface area contributed by atoms with E-state index in [2.05, 4.69) is 4.98 Å². The van der Waals surface area contributed by atoms with Crippen LogP contribution in [0.1, 0.15) is 24.3 Å². The minimum Gasteiger partial charge on any atom is -0.465 e. The molecule has 0 saturated heterocycles. The number of rotatable bonds is 4. The van der Waals surface area contributed by atoms with Gasteiger partial charge in [-0.15, -0.1) is 0 Å². The molecule has 0 aliphatic rings. The third kappa shape index (κ3) is 2.77. The molecule has 1 rings (SSSR count). The second-order valence-corrected chi connectivity index (χ2v) is 3.43. The Labute approximate surface area is 94.2 Å². The molecule has 0 amide bonds. The molecule has 0 saturated carbocycles. The molecule has 0 bridgehead atoms. The zero-order chi connectivity index (χ0) is 12.1. The van der Waals surface area contributed by atoms with E-state index in [9.17, 15) is 9.90 Å². The van der Waals surface area contributed by atoms with Gasteiger partial charge in [0, 0.05) is 6.20 Å². The van der Waals surface area contributed by atoms with Crippen LogP contribution in [0.15, 0.2) is 18.3 Å². The van der Waals surface area contributed by atoms with E-state index in [0.29, 0.717) is 5.69 Å². The predicted octanol–water partition coefficient (Wildman–Crippen LogP) is 0.314. The molecule has 0 aliphatic heterocycles. The normalized spacial score (nSPS) is 14.2. The number of carbonyl (C=O) groups excluding carboxylic acids is 1. The molecule has 5 heteroatoms. The Kier molecular flexibility index (Phi) is 4.39. The van der Waals surface area contributed by atoms with E-state index >= 15 is 0 Å². The lowest BCUT2D eigenvalue weighted by Crippen LogP contribution is -2.38. The average Bonchev–Trinajstić information content (AvgIpc) is 2.28. The molecule has 16 heavy (non-hydrogen) atoms. The van der Waals surface area contributed by atoms with Gasteiger partial charge in [-0.05, 0) is 25.5 Å². The van der Waals surface area contributed by atoms with Crippen molar-refractivity contribution in [3.8, 4) is 0 Å². The summed E-state index contributed by atoms with van der Waals surface area (Å²) in [5.41, 5.74) is 6.78. The van der Waals surface area contributed by atoms with Gasteiger partial charge >= 0.3 is 5.97 Å². The van der Waals surface area contributed by atoms with Gasteiger partial charge < -0.3 is 15.6 Å². The number of aliphatic hydroxyl groups is 1. The fourth-order valence-electron chi connectivity index (χ4n) is 1.34. The molecule has 5 nitrogen and oxygen atoms in total. The van der Waals surface area contributed by atoms with Crippen molar-refractivity contribution in [2.45, 2.75) is 26.0 Å². The first kappa shape index (κ1) is 12.6. The summed E-state index contributed by atoms with van der Waals surface area (Å²) in [5, 5.41) is 9.88. The van der Waals surface area contributed by atoms with E-state index in [1.54, 1.807) is 32.2 Å². The molecule has 0 aromatic carbocycles. The van der Waals surface area contributed by atoms with E-state index in [-0.39, 0.29) is 6.61 Å². The van der Waals surface area contributed by atoms with E-state index < -0.39 is 18.1 Å². The second-order valence-electron chi connectivity index (χ2n) is 3.43. The first-order valence-corrected chi connectivity index (χ1v) is 5.09. The van der Waals surface area contributed by atoms with Crippen LogP contribution in [-0.2, 0) is 9.53 Å². The Morgan fingerprint density at radius 2 is 2.38 bits per heavy atom. The fraction of sp³-hybridized carbons (Fsp3) is 0.455. The minimum absolute atomic E-state index is 0.237. The second kappa shape index (κ2) is 5.58. The Morgan fingerprint density at radius 1 is 1.69 bits per heavy atom. The third-order valence-electron chi connectivity index (χ3n) is 2.23. The highest BCUT2D eigenvalue weighted by molar-refractivity contribution is 5.76. The molecule has 88 valence electrons. The van der Waals surface area contributed by atoms with Crippen LogP contribution < -0.4 is 5.73 Å². The SMILES string of the molecule is CCOC(=O)[C@@H](N)[C@H](O)c1ncccc1C. The molecule has 0 unspecified atom stereocenters. The van der Waals surface area contributed by atoms with E-state index in [1.807, 2.05) is 0 Å². The van der Waals surface area contributed by atoms with Gasteiger partial charge in [0.2, 0.25) is 0 Å². The van der Waals surface area contributed by atoms with Gasteiger partial charge in [0.15, 0.2) is 0 Å². The number of aromatic nitrogens is 1. The Balaban J connectivity index is 2.82. The first-order valence-electron chi connectivity index (χ1n) is 5.09. The van der Waals surface area contributed by atoms with Crippen LogP contribution in [0.5, 0.6) is 0 Å². The molecule has 0 radical (unpaired) electrons. The summed E-state index contributed by atoms with van der Waals surface area (Å²) >= 11 is 0. The Morgan fingerprint density at radius 3 is 2.94 bits per heavy atom. The summed E-state index contributed by atoms with van der Waals surface area (Å²) in [6.45, 7) is 3.72. The Bertz CT molecular complexity index is 368. The smallest absolute Gasteiger partial charge is 0.326 e. The lowest BCUT2D eigenvalue weighted by Gasteiger charge is -2.18. The molecule has 1 aromatic rings. The van der Waals surface area contributed by atoms with E-state index in [1.165, 1.54) is 0 Å². The third-order valence-corrected chi connectivity index (χ3v) is 2.23. The van der Waals surface area contributed by atoms with Gasteiger partial charge in [-0.2, -0.15) is 0 Å². The highest BCUT2D eigenvalue weighted by Gasteiger charge is 2.27. The number of ether oxygens (including phenoxy) is 1. The van der Waals surface area contributed by atoms with Crippen molar-refractivity contribution < 1.29 is 14.6 Å². The van der Waals surface area contributed by atoms with Gasteiger partial charge in [0.05, 0.1) is 12.3 Å². The average molecular weight is 224 g/mol. The van der Waals surface area contributed by atoms with Crippen molar-refractivity contribution >= 4 is 5.97 Å². The number of pyridine rings is 1. The van der Waals surface area contributed by atoms with Gasteiger partial charge in [-0.1, -0.05) is 6.07 Å². The number of aryl methyl sites for hydroxylation is 1. The number of hydrogen-bond acceptors (Lipinski definition) is 5. The predicted molar refractivity (Wildman–Crippen MR) is 58.5 cm³/mol. The largest absolute Gasteiger partial charge is 0.465 e. The highest BCUT2D eigenvalue weighted by atomic mass is 16.5. The number of hydrogen-bond donors (Lipinski definition) is 2. The van der Waals surface area contributed by atoms with Gasteiger partial charge in [0.1, 0.15) is 12.1 Å². The molecule has 1 aromatic heterocycles. The maximum atomic E-state index is 11.3. The molecule has 3 N–H and O–H groups in total. The molecular weight excluding hydrogens is 208 g/mol. The van der Waals surface area contributed by atoms with Crippen LogP contribution in [0, 0.1) is 6.92 Å². The standard InChI is InChI=1S/C11H16N2O3/c1-3-16-11(15)8(12)10(14)9-7(2)5-4-6-13-9/h4-6,8,10,14H,3,12H2,1-2H3/t8-,10-/m0/s1. The maximum absolute atomic E-state index is 11.3. The summed E-state index contributed by atoms with van der Waals surface area (Å²) in [6, 6.07) is 2.44. The van der Waals surface area contributed by atoms with Crippen molar-refractivity contribution in [3.63, 3.8) is 0 Å². The van der Waals surface area contributed by atoms with Crippen molar-refractivity contribution in [3.05, 3.63) is 29.6 Å². The van der Waals surface area contributed by atoms with Crippen LogP contribution >= 0.6 is 0 Å². The summed E-state index contributed by atoms with van der Waals surface area (Å²) in [6.07, 6.45) is 0.406. The van der Waals surface area contributed by atoms with Crippen molar-refractivity contribution in [1.29, 1.82) is 0 Å². The number of esters is 1.